The van der Waals surface area contributed by atoms with E-state index in [1.165, 1.54) is 5.56 Å². The van der Waals surface area contributed by atoms with Gasteiger partial charge in [-0.1, -0.05) is 30.3 Å². The van der Waals surface area contributed by atoms with Crippen molar-refractivity contribution < 1.29 is 9.47 Å². The first kappa shape index (κ1) is 15.9. The van der Waals surface area contributed by atoms with Crippen molar-refractivity contribution in [3.63, 3.8) is 0 Å². The summed E-state index contributed by atoms with van der Waals surface area (Å²) in [5.41, 5.74) is 5.16. The fourth-order valence-electron chi connectivity index (χ4n) is 2.01. The van der Waals surface area contributed by atoms with Gasteiger partial charge in [0.1, 0.15) is 11.5 Å². The normalized spacial score (nSPS) is 10.6. The fraction of sp³-hybridized carbons (Fsp3) is 0.278. The van der Waals surface area contributed by atoms with Gasteiger partial charge in [0.05, 0.1) is 26.0 Å². The van der Waals surface area contributed by atoms with Gasteiger partial charge in [-0.15, -0.1) is 0 Å². The summed E-state index contributed by atoms with van der Waals surface area (Å²) in [5.74, 6) is 1.58. The third-order valence-corrected chi connectivity index (χ3v) is 3.02. The van der Waals surface area contributed by atoms with E-state index in [0.717, 1.165) is 17.1 Å². The van der Waals surface area contributed by atoms with Crippen LogP contribution >= 0.6 is 0 Å². The molecule has 2 aromatic carbocycles. The fourth-order valence-corrected chi connectivity index (χ4v) is 2.01. The van der Waals surface area contributed by atoms with Gasteiger partial charge in [-0.25, -0.2) is 0 Å². The number of nitrogens with zero attached hydrogens (tertiary/aromatic N) is 1. The Morgan fingerprint density at radius 3 is 2.50 bits per heavy atom. The van der Waals surface area contributed by atoms with Gasteiger partial charge < -0.3 is 14.9 Å². The van der Waals surface area contributed by atoms with Crippen LogP contribution < -0.4 is 14.9 Å². The molecule has 4 nitrogen and oxygen atoms in total. The zero-order valence-electron chi connectivity index (χ0n) is 13.1. The molecule has 1 N–H and O–H groups in total. The van der Waals surface area contributed by atoms with E-state index in [-0.39, 0.29) is 0 Å². The maximum absolute atomic E-state index is 5.64. The molecule has 0 unspecified atom stereocenters. The summed E-state index contributed by atoms with van der Waals surface area (Å²) in [5, 5.41) is 4.26. The standard InChI is InChI=1S/C18H22N2O2/c1-3-21-17-11-10-16(18(12-17)22-4-2)14-20-19-13-15-8-6-5-7-9-15/h5-12,14,19H,3-4,13H2,1-2H3. The molecule has 0 fully saturated rings. The van der Waals surface area contributed by atoms with Crippen LogP contribution in [0.3, 0.4) is 0 Å². The average molecular weight is 298 g/mol. The first-order chi connectivity index (χ1) is 10.8. The zero-order valence-corrected chi connectivity index (χ0v) is 13.1. The smallest absolute Gasteiger partial charge is 0.131 e. The Labute approximate surface area is 131 Å². The molecule has 0 amide bonds. The van der Waals surface area contributed by atoms with Gasteiger partial charge in [0.15, 0.2) is 0 Å². The molecule has 0 aliphatic rings. The van der Waals surface area contributed by atoms with E-state index in [4.69, 9.17) is 9.47 Å². The van der Waals surface area contributed by atoms with Gasteiger partial charge in [-0.05, 0) is 31.5 Å². The van der Waals surface area contributed by atoms with Crippen LogP contribution in [0.15, 0.2) is 53.6 Å². The summed E-state index contributed by atoms with van der Waals surface area (Å²) in [4.78, 5) is 0. The van der Waals surface area contributed by atoms with Crippen LogP contribution in [0.4, 0.5) is 0 Å². The monoisotopic (exact) mass is 298 g/mol. The number of hydrogen-bond donors (Lipinski definition) is 1. The Hall–Kier alpha value is -2.49. The Kier molecular flexibility index (Phi) is 6.30. The first-order valence-corrected chi connectivity index (χ1v) is 7.53. The lowest BCUT2D eigenvalue weighted by Crippen LogP contribution is -2.06. The number of ether oxygens (including phenoxy) is 2. The molecule has 0 aromatic heterocycles. The van der Waals surface area contributed by atoms with Gasteiger partial charge in [-0.2, -0.15) is 5.10 Å². The summed E-state index contributed by atoms with van der Waals surface area (Å²) in [6.07, 6.45) is 1.77. The lowest BCUT2D eigenvalue weighted by molar-refractivity contribution is 0.323. The van der Waals surface area contributed by atoms with Crippen LogP contribution in [0.5, 0.6) is 11.5 Å². The van der Waals surface area contributed by atoms with E-state index in [1.54, 1.807) is 6.21 Å². The topological polar surface area (TPSA) is 42.8 Å². The summed E-state index contributed by atoms with van der Waals surface area (Å²) in [7, 11) is 0. The molecular formula is C18H22N2O2. The lowest BCUT2D eigenvalue weighted by atomic mass is 10.2. The highest BCUT2D eigenvalue weighted by Gasteiger charge is 2.03. The van der Waals surface area contributed by atoms with Crippen LogP contribution in [-0.2, 0) is 6.54 Å². The van der Waals surface area contributed by atoms with Crippen LogP contribution in [0.25, 0.3) is 0 Å². The molecule has 22 heavy (non-hydrogen) atoms. The minimum absolute atomic E-state index is 0.605. The molecule has 0 saturated heterocycles. The molecule has 0 radical (unpaired) electrons. The Morgan fingerprint density at radius 2 is 1.77 bits per heavy atom. The summed E-state index contributed by atoms with van der Waals surface area (Å²) >= 11 is 0. The Bertz CT molecular complexity index is 597. The van der Waals surface area contributed by atoms with E-state index in [9.17, 15) is 0 Å². The third kappa shape index (κ3) is 4.81. The molecule has 0 bridgehead atoms. The molecule has 0 aliphatic heterocycles. The van der Waals surface area contributed by atoms with E-state index >= 15 is 0 Å². The highest BCUT2D eigenvalue weighted by Crippen LogP contribution is 2.23. The molecule has 0 atom stereocenters. The van der Waals surface area contributed by atoms with Gasteiger partial charge in [-0.3, -0.25) is 0 Å². The van der Waals surface area contributed by atoms with Crippen LogP contribution in [-0.4, -0.2) is 19.4 Å². The van der Waals surface area contributed by atoms with E-state index in [0.29, 0.717) is 19.8 Å². The van der Waals surface area contributed by atoms with Crippen LogP contribution in [0, 0.1) is 0 Å². The quantitative estimate of drug-likeness (QED) is 0.598. The molecule has 2 aromatic rings. The summed E-state index contributed by atoms with van der Waals surface area (Å²) in [6.45, 7) is 5.86. The predicted octanol–water partition coefficient (Wildman–Crippen LogP) is 3.61. The van der Waals surface area contributed by atoms with Crippen molar-refractivity contribution in [3.05, 3.63) is 59.7 Å². The molecule has 4 heteroatoms. The number of rotatable bonds is 8. The number of hydrazone groups is 1. The molecule has 116 valence electrons. The number of nitrogens with one attached hydrogen (secondary N) is 1. The Morgan fingerprint density at radius 1 is 1.00 bits per heavy atom. The predicted molar refractivity (Wildman–Crippen MR) is 89.7 cm³/mol. The minimum atomic E-state index is 0.605. The van der Waals surface area contributed by atoms with Crippen molar-refractivity contribution in [2.45, 2.75) is 20.4 Å². The first-order valence-electron chi connectivity index (χ1n) is 7.53. The van der Waals surface area contributed by atoms with Crippen molar-refractivity contribution in [1.82, 2.24) is 5.43 Å². The highest BCUT2D eigenvalue weighted by molar-refractivity contribution is 5.83. The molecule has 0 aliphatic carbocycles. The number of hydrogen-bond acceptors (Lipinski definition) is 4. The SMILES string of the molecule is CCOc1ccc(C=NNCc2ccccc2)c(OCC)c1. The van der Waals surface area contributed by atoms with E-state index in [2.05, 4.69) is 22.7 Å². The lowest BCUT2D eigenvalue weighted by Gasteiger charge is -2.10. The van der Waals surface area contributed by atoms with Gasteiger partial charge >= 0.3 is 0 Å². The largest absolute Gasteiger partial charge is 0.494 e. The second-order valence-corrected chi connectivity index (χ2v) is 4.64. The van der Waals surface area contributed by atoms with Gasteiger partial charge in [0.25, 0.3) is 0 Å². The highest BCUT2D eigenvalue weighted by atomic mass is 16.5. The van der Waals surface area contributed by atoms with Crippen molar-refractivity contribution >= 4 is 6.21 Å². The second-order valence-electron chi connectivity index (χ2n) is 4.64. The van der Waals surface area contributed by atoms with E-state index < -0.39 is 0 Å². The average Bonchev–Trinajstić information content (AvgIpc) is 2.55. The molecule has 0 spiro atoms. The Balaban J connectivity index is 1.99. The minimum Gasteiger partial charge on any atom is -0.494 e. The van der Waals surface area contributed by atoms with Crippen LogP contribution in [0.2, 0.25) is 0 Å². The van der Waals surface area contributed by atoms with Gasteiger partial charge in [0, 0.05) is 11.6 Å². The summed E-state index contributed by atoms with van der Waals surface area (Å²) < 4.78 is 11.1. The maximum atomic E-state index is 5.64. The molecular weight excluding hydrogens is 276 g/mol. The zero-order chi connectivity index (χ0) is 15.6. The number of benzene rings is 2. The molecule has 0 heterocycles. The van der Waals surface area contributed by atoms with Crippen molar-refractivity contribution in [1.29, 1.82) is 0 Å². The molecule has 0 saturated carbocycles. The summed E-state index contributed by atoms with van der Waals surface area (Å²) in [6, 6.07) is 15.9. The van der Waals surface area contributed by atoms with E-state index in [1.807, 2.05) is 50.2 Å². The van der Waals surface area contributed by atoms with Crippen molar-refractivity contribution in [2.24, 2.45) is 5.10 Å². The second kappa shape index (κ2) is 8.72. The van der Waals surface area contributed by atoms with Crippen molar-refractivity contribution in [3.8, 4) is 11.5 Å². The maximum Gasteiger partial charge on any atom is 0.131 e. The van der Waals surface area contributed by atoms with Gasteiger partial charge in [0.2, 0.25) is 0 Å². The van der Waals surface area contributed by atoms with Crippen LogP contribution in [0.1, 0.15) is 25.0 Å². The molecule has 2 rings (SSSR count). The third-order valence-electron chi connectivity index (χ3n) is 3.02. The van der Waals surface area contributed by atoms with Crippen molar-refractivity contribution in [2.75, 3.05) is 13.2 Å².